The third kappa shape index (κ3) is 1.97. The van der Waals surface area contributed by atoms with Gasteiger partial charge in [-0.1, -0.05) is 24.8 Å². The van der Waals surface area contributed by atoms with Gasteiger partial charge in [-0.15, -0.1) is 0 Å². The molecule has 20 heavy (non-hydrogen) atoms. The van der Waals surface area contributed by atoms with Crippen LogP contribution in [-0.4, -0.2) is 4.98 Å². The first-order chi connectivity index (χ1) is 9.56. The predicted molar refractivity (Wildman–Crippen MR) is 82.8 cm³/mol. The van der Waals surface area contributed by atoms with E-state index in [2.05, 4.69) is 11.6 Å². The van der Waals surface area contributed by atoms with Crippen LogP contribution < -0.4 is 5.73 Å². The molecule has 0 radical (unpaired) electrons. The Labute approximate surface area is 116 Å². The number of allylic oxidation sites excluding steroid dienone is 1. The molecule has 3 heteroatoms. The maximum absolute atomic E-state index is 13.0. The van der Waals surface area contributed by atoms with Crippen molar-refractivity contribution in [1.82, 2.24) is 4.98 Å². The van der Waals surface area contributed by atoms with Gasteiger partial charge in [0.2, 0.25) is 0 Å². The van der Waals surface area contributed by atoms with E-state index in [4.69, 9.17) is 5.73 Å². The highest BCUT2D eigenvalue weighted by Crippen LogP contribution is 2.33. The molecule has 1 aromatic heterocycles. The Hall–Kier alpha value is -2.55. The van der Waals surface area contributed by atoms with E-state index in [-0.39, 0.29) is 5.82 Å². The lowest BCUT2D eigenvalue weighted by molar-refractivity contribution is 0.628. The maximum atomic E-state index is 13.0. The van der Waals surface area contributed by atoms with Gasteiger partial charge in [-0.3, -0.25) is 0 Å². The minimum absolute atomic E-state index is 0.250. The van der Waals surface area contributed by atoms with Gasteiger partial charge in [-0.05, 0) is 42.3 Å². The largest absolute Gasteiger partial charge is 0.398 e. The third-order valence-electron chi connectivity index (χ3n) is 3.46. The molecule has 3 aromatic rings. The summed E-state index contributed by atoms with van der Waals surface area (Å²) in [5.41, 5.74) is 11.7. The highest BCUT2D eigenvalue weighted by molar-refractivity contribution is 6.00. The number of aromatic amines is 1. The second-order valence-corrected chi connectivity index (χ2v) is 4.96. The number of aromatic nitrogens is 1. The molecule has 0 aliphatic heterocycles. The van der Waals surface area contributed by atoms with Crippen LogP contribution in [0.3, 0.4) is 0 Å². The van der Waals surface area contributed by atoms with Crippen LogP contribution in [0.5, 0.6) is 0 Å². The molecule has 0 spiro atoms. The molecule has 0 bridgehead atoms. The van der Waals surface area contributed by atoms with Gasteiger partial charge in [0.1, 0.15) is 5.82 Å². The van der Waals surface area contributed by atoms with Crippen LogP contribution in [0, 0.1) is 5.82 Å². The summed E-state index contributed by atoms with van der Waals surface area (Å²) in [6.45, 7) is 5.87. The molecular formula is C17H15FN2. The van der Waals surface area contributed by atoms with Gasteiger partial charge in [0.25, 0.3) is 0 Å². The summed E-state index contributed by atoms with van der Waals surface area (Å²) < 4.78 is 13.0. The second-order valence-electron chi connectivity index (χ2n) is 4.96. The fourth-order valence-electron chi connectivity index (χ4n) is 2.34. The highest BCUT2D eigenvalue weighted by Gasteiger charge is 2.10. The van der Waals surface area contributed by atoms with Gasteiger partial charge < -0.3 is 10.7 Å². The van der Waals surface area contributed by atoms with Crippen molar-refractivity contribution in [3.63, 3.8) is 0 Å². The second kappa shape index (κ2) is 4.53. The normalized spacial score (nSPS) is 10.9. The van der Waals surface area contributed by atoms with Crippen molar-refractivity contribution in [3.05, 3.63) is 60.6 Å². The van der Waals surface area contributed by atoms with E-state index in [0.717, 1.165) is 33.3 Å². The molecule has 1 heterocycles. The lowest BCUT2D eigenvalue weighted by atomic mass is 10.0. The monoisotopic (exact) mass is 266 g/mol. The fraction of sp³-hybridized carbons (Fsp3) is 0.0588. The van der Waals surface area contributed by atoms with Crippen molar-refractivity contribution in [2.45, 2.75) is 6.92 Å². The van der Waals surface area contributed by atoms with E-state index < -0.39 is 0 Å². The summed E-state index contributed by atoms with van der Waals surface area (Å²) in [6, 6.07) is 12.3. The van der Waals surface area contributed by atoms with E-state index in [1.165, 1.54) is 12.1 Å². The van der Waals surface area contributed by atoms with Crippen LogP contribution in [0.15, 0.2) is 49.0 Å². The molecular weight excluding hydrogens is 251 g/mol. The van der Waals surface area contributed by atoms with Crippen LogP contribution in [0.4, 0.5) is 10.1 Å². The van der Waals surface area contributed by atoms with Crippen molar-refractivity contribution < 1.29 is 4.39 Å². The van der Waals surface area contributed by atoms with Crippen molar-refractivity contribution in [2.75, 3.05) is 5.73 Å². The summed E-state index contributed by atoms with van der Waals surface area (Å²) >= 11 is 0. The number of benzene rings is 2. The Morgan fingerprint density at radius 1 is 1.15 bits per heavy atom. The van der Waals surface area contributed by atoms with Gasteiger partial charge in [-0.2, -0.15) is 0 Å². The molecule has 0 saturated heterocycles. The van der Waals surface area contributed by atoms with Crippen molar-refractivity contribution in [1.29, 1.82) is 0 Å². The number of hydrogen-bond acceptors (Lipinski definition) is 1. The number of hydrogen-bond donors (Lipinski definition) is 2. The minimum atomic E-state index is -0.250. The molecule has 3 rings (SSSR count). The summed E-state index contributed by atoms with van der Waals surface area (Å²) in [4.78, 5) is 3.28. The Balaban J connectivity index is 2.20. The van der Waals surface area contributed by atoms with Gasteiger partial charge in [0.15, 0.2) is 0 Å². The number of H-pyrrole nitrogens is 1. The molecule has 2 aromatic carbocycles. The van der Waals surface area contributed by atoms with E-state index in [0.29, 0.717) is 5.69 Å². The quantitative estimate of drug-likeness (QED) is 0.654. The van der Waals surface area contributed by atoms with Crippen molar-refractivity contribution in [2.24, 2.45) is 0 Å². The van der Waals surface area contributed by atoms with Crippen LogP contribution in [0.1, 0.15) is 12.6 Å². The zero-order valence-corrected chi connectivity index (χ0v) is 11.2. The van der Waals surface area contributed by atoms with E-state index in [1.54, 1.807) is 12.1 Å². The number of nitrogens with two attached hydrogens (primary N) is 1. The molecule has 0 aliphatic carbocycles. The average molecular weight is 266 g/mol. The van der Waals surface area contributed by atoms with Gasteiger partial charge in [0.05, 0.1) is 0 Å². The topological polar surface area (TPSA) is 41.8 Å². The maximum Gasteiger partial charge on any atom is 0.123 e. The smallest absolute Gasteiger partial charge is 0.123 e. The lowest BCUT2D eigenvalue weighted by Gasteiger charge is -2.07. The number of nitrogens with one attached hydrogen (secondary N) is 1. The minimum Gasteiger partial charge on any atom is -0.398 e. The lowest BCUT2D eigenvalue weighted by Crippen LogP contribution is -1.91. The standard InChI is InChI=1S/C17H15FN2/c1-10(2)16-9-14-15(20-16)8-7-13(17(14)19)11-3-5-12(18)6-4-11/h3-9,20H,1,19H2,2H3. The summed E-state index contributed by atoms with van der Waals surface area (Å²) in [6.07, 6.45) is 0. The Morgan fingerprint density at radius 3 is 2.50 bits per heavy atom. The zero-order valence-electron chi connectivity index (χ0n) is 11.2. The number of rotatable bonds is 2. The molecule has 100 valence electrons. The summed E-state index contributed by atoms with van der Waals surface area (Å²) in [5, 5.41) is 0.963. The number of anilines is 1. The zero-order chi connectivity index (χ0) is 14.3. The molecule has 3 N–H and O–H groups in total. The molecule has 0 atom stereocenters. The third-order valence-corrected chi connectivity index (χ3v) is 3.46. The molecule has 0 saturated carbocycles. The first-order valence-electron chi connectivity index (χ1n) is 6.39. The number of nitrogen functional groups attached to an aromatic ring is 1. The molecule has 0 fully saturated rings. The van der Waals surface area contributed by atoms with Crippen molar-refractivity contribution in [3.8, 4) is 11.1 Å². The first-order valence-corrected chi connectivity index (χ1v) is 6.39. The molecule has 2 nitrogen and oxygen atoms in total. The van der Waals surface area contributed by atoms with E-state index in [1.807, 2.05) is 25.1 Å². The van der Waals surface area contributed by atoms with Gasteiger partial charge in [0, 0.05) is 27.8 Å². The fourth-order valence-corrected chi connectivity index (χ4v) is 2.34. The Kier molecular flexibility index (Phi) is 2.83. The number of halogens is 1. The average Bonchev–Trinajstić information content (AvgIpc) is 2.86. The van der Waals surface area contributed by atoms with Gasteiger partial charge in [-0.25, -0.2) is 4.39 Å². The first kappa shape index (κ1) is 12.5. The van der Waals surface area contributed by atoms with Crippen LogP contribution in [0.2, 0.25) is 0 Å². The Morgan fingerprint density at radius 2 is 1.85 bits per heavy atom. The SMILES string of the molecule is C=C(C)c1cc2c(N)c(-c3ccc(F)cc3)ccc2[nH]1. The number of fused-ring (bicyclic) bond motifs is 1. The Bertz CT molecular complexity index is 798. The summed E-state index contributed by atoms with van der Waals surface area (Å²) in [7, 11) is 0. The van der Waals surface area contributed by atoms with E-state index >= 15 is 0 Å². The van der Waals surface area contributed by atoms with Crippen molar-refractivity contribution >= 4 is 22.2 Å². The highest BCUT2D eigenvalue weighted by atomic mass is 19.1. The van der Waals surface area contributed by atoms with Crippen LogP contribution in [0.25, 0.3) is 27.6 Å². The molecule has 0 unspecified atom stereocenters. The van der Waals surface area contributed by atoms with Crippen LogP contribution in [-0.2, 0) is 0 Å². The predicted octanol–water partition coefficient (Wildman–Crippen LogP) is 4.59. The molecule has 0 aliphatic rings. The van der Waals surface area contributed by atoms with E-state index in [9.17, 15) is 4.39 Å². The van der Waals surface area contributed by atoms with Crippen LogP contribution >= 0.6 is 0 Å². The molecule has 0 amide bonds. The summed E-state index contributed by atoms with van der Waals surface area (Å²) in [5.74, 6) is -0.250. The van der Waals surface area contributed by atoms with Gasteiger partial charge >= 0.3 is 0 Å².